The van der Waals surface area contributed by atoms with Gasteiger partial charge in [0.25, 0.3) is 5.91 Å². The van der Waals surface area contributed by atoms with Gasteiger partial charge in [-0.3, -0.25) is 4.79 Å². The van der Waals surface area contributed by atoms with Crippen molar-refractivity contribution in [3.05, 3.63) is 0 Å². The van der Waals surface area contributed by atoms with Crippen LogP contribution in [0.1, 0.15) is 41.0 Å². The van der Waals surface area contributed by atoms with E-state index in [1.54, 1.807) is 0 Å². The number of amides is 1. The summed E-state index contributed by atoms with van der Waals surface area (Å²) in [5.74, 6) is -0.00792. The molecule has 1 rings (SSSR count). The minimum absolute atomic E-state index is 0.00792. The van der Waals surface area contributed by atoms with Crippen LogP contribution in [-0.4, -0.2) is 37.2 Å². The van der Waals surface area contributed by atoms with Crippen molar-refractivity contribution in [3.8, 4) is 0 Å². The van der Waals surface area contributed by atoms with Gasteiger partial charge in [0.15, 0.2) is 0 Å². The van der Waals surface area contributed by atoms with Crippen molar-refractivity contribution in [2.45, 2.75) is 52.7 Å². The Morgan fingerprint density at radius 1 is 1.35 bits per heavy atom. The molecule has 0 aromatic carbocycles. The van der Waals surface area contributed by atoms with Crippen molar-refractivity contribution in [1.29, 1.82) is 0 Å². The lowest BCUT2D eigenvalue weighted by atomic mass is 9.81. The maximum absolute atomic E-state index is 12.0. The van der Waals surface area contributed by atoms with Crippen LogP contribution in [0.4, 0.5) is 0 Å². The molecule has 4 heteroatoms. The Bertz CT molecular complexity index is 263. The molecule has 1 aliphatic heterocycles. The van der Waals surface area contributed by atoms with Crippen molar-refractivity contribution in [3.63, 3.8) is 0 Å². The van der Waals surface area contributed by atoms with E-state index >= 15 is 0 Å². The first-order valence-electron chi connectivity index (χ1n) is 6.34. The summed E-state index contributed by atoms with van der Waals surface area (Å²) >= 11 is 0. The molecule has 1 atom stereocenters. The molecule has 1 fully saturated rings. The molecule has 0 aromatic rings. The van der Waals surface area contributed by atoms with Crippen LogP contribution in [0.5, 0.6) is 0 Å². The molecule has 2 N–H and O–H groups in total. The molecule has 4 nitrogen and oxygen atoms in total. The summed E-state index contributed by atoms with van der Waals surface area (Å²) in [7, 11) is 0. The third kappa shape index (κ3) is 5.50. The van der Waals surface area contributed by atoms with Gasteiger partial charge in [-0.25, -0.2) is 0 Å². The van der Waals surface area contributed by atoms with E-state index in [0.717, 1.165) is 13.0 Å². The van der Waals surface area contributed by atoms with Crippen molar-refractivity contribution >= 4 is 5.91 Å². The minimum atomic E-state index is -0.344. The molecule has 100 valence electrons. The zero-order valence-electron chi connectivity index (χ0n) is 11.7. The van der Waals surface area contributed by atoms with E-state index in [9.17, 15) is 4.79 Å². The predicted octanol–water partition coefficient (Wildman–Crippen LogP) is 1.31. The summed E-state index contributed by atoms with van der Waals surface area (Å²) in [4.78, 5) is 12.0. The lowest BCUT2D eigenvalue weighted by Crippen LogP contribution is -2.54. The number of hydrogen-bond donors (Lipinski definition) is 2. The van der Waals surface area contributed by atoms with Crippen LogP contribution in [-0.2, 0) is 9.53 Å². The van der Waals surface area contributed by atoms with Crippen molar-refractivity contribution < 1.29 is 9.53 Å². The zero-order chi connectivity index (χ0) is 13.1. The Kier molecular flexibility index (Phi) is 4.55. The third-order valence-corrected chi connectivity index (χ3v) is 2.65. The zero-order valence-corrected chi connectivity index (χ0v) is 11.7. The maximum Gasteiger partial charge on any atom is 0.250 e. The lowest BCUT2D eigenvalue weighted by molar-refractivity contribution is -0.136. The maximum atomic E-state index is 12.0. The summed E-state index contributed by atoms with van der Waals surface area (Å²) in [6, 6.07) is 0. The van der Waals surface area contributed by atoms with Gasteiger partial charge in [0, 0.05) is 18.6 Å². The van der Waals surface area contributed by atoms with E-state index < -0.39 is 0 Å². The minimum Gasteiger partial charge on any atom is -0.366 e. The monoisotopic (exact) mass is 242 g/mol. The fraction of sp³-hybridized carbons (Fsp3) is 0.923. The number of hydrogen-bond acceptors (Lipinski definition) is 3. The van der Waals surface area contributed by atoms with Crippen LogP contribution in [0.15, 0.2) is 0 Å². The lowest BCUT2D eigenvalue weighted by Gasteiger charge is -2.35. The smallest absolute Gasteiger partial charge is 0.250 e. The van der Waals surface area contributed by atoms with Gasteiger partial charge in [0.2, 0.25) is 0 Å². The SMILES string of the molecule is CC(C)(C)CC(C)(C)NC(=O)C1CNCCO1. The Labute approximate surface area is 104 Å². The van der Waals surface area contributed by atoms with Crippen molar-refractivity contribution in [1.82, 2.24) is 10.6 Å². The van der Waals surface area contributed by atoms with E-state index in [0.29, 0.717) is 13.2 Å². The fourth-order valence-electron chi connectivity index (χ4n) is 2.52. The summed E-state index contributed by atoms with van der Waals surface area (Å²) in [5.41, 5.74) is -0.00140. The number of carbonyl (C=O) groups is 1. The molecular formula is C13H26N2O2. The van der Waals surface area contributed by atoms with Gasteiger partial charge in [0.1, 0.15) is 6.10 Å². The molecule has 0 aromatic heterocycles. The summed E-state index contributed by atoms with van der Waals surface area (Å²) < 4.78 is 5.44. The van der Waals surface area contributed by atoms with Crippen LogP contribution in [0.3, 0.4) is 0 Å². The van der Waals surface area contributed by atoms with Crippen LogP contribution in [0.25, 0.3) is 0 Å². The van der Waals surface area contributed by atoms with Gasteiger partial charge < -0.3 is 15.4 Å². The van der Waals surface area contributed by atoms with E-state index in [1.165, 1.54) is 0 Å². The van der Waals surface area contributed by atoms with Crippen LogP contribution < -0.4 is 10.6 Å². The van der Waals surface area contributed by atoms with Gasteiger partial charge in [-0.1, -0.05) is 20.8 Å². The first kappa shape index (κ1) is 14.5. The molecule has 1 saturated heterocycles. The second-order valence-electron chi connectivity index (χ2n) is 6.67. The second-order valence-corrected chi connectivity index (χ2v) is 6.67. The van der Waals surface area contributed by atoms with Crippen LogP contribution in [0, 0.1) is 5.41 Å². The summed E-state index contributed by atoms with van der Waals surface area (Å²) in [6.07, 6.45) is 0.592. The molecule has 0 aliphatic carbocycles. The number of nitrogens with one attached hydrogen (secondary N) is 2. The van der Waals surface area contributed by atoms with Crippen molar-refractivity contribution in [2.24, 2.45) is 5.41 Å². The number of rotatable bonds is 3. The topological polar surface area (TPSA) is 50.4 Å². The highest BCUT2D eigenvalue weighted by molar-refractivity contribution is 5.81. The molecule has 0 bridgehead atoms. The summed E-state index contributed by atoms with van der Waals surface area (Å²) in [5, 5.41) is 6.24. The Hall–Kier alpha value is -0.610. The quantitative estimate of drug-likeness (QED) is 0.784. The molecule has 0 saturated carbocycles. The van der Waals surface area contributed by atoms with Gasteiger partial charge >= 0.3 is 0 Å². The van der Waals surface area contributed by atoms with E-state index in [-0.39, 0.29) is 23.0 Å². The van der Waals surface area contributed by atoms with E-state index in [1.807, 2.05) is 0 Å². The molecule has 1 amide bonds. The Morgan fingerprint density at radius 3 is 2.47 bits per heavy atom. The highest BCUT2D eigenvalue weighted by Gasteiger charge is 2.30. The van der Waals surface area contributed by atoms with E-state index in [4.69, 9.17) is 4.74 Å². The van der Waals surface area contributed by atoms with Gasteiger partial charge in [-0.05, 0) is 25.7 Å². The Balaban J connectivity index is 2.48. The van der Waals surface area contributed by atoms with Gasteiger partial charge in [0.05, 0.1) is 6.61 Å². The summed E-state index contributed by atoms with van der Waals surface area (Å²) in [6.45, 7) is 12.7. The standard InChI is InChI=1S/C13H26N2O2/c1-12(2,3)9-13(4,5)15-11(16)10-8-14-6-7-17-10/h10,14H,6-9H2,1-5H3,(H,15,16). The normalized spacial score (nSPS) is 22.3. The number of ether oxygens (including phenoxy) is 1. The molecule has 1 heterocycles. The van der Waals surface area contributed by atoms with Crippen LogP contribution in [0.2, 0.25) is 0 Å². The molecule has 1 unspecified atom stereocenters. The predicted molar refractivity (Wildman–Crippen MR) is 68.9 cm³/mol. The largest absolute Gasteiger partial charge is 0.366 e. The second kappa shape index (κ2) is 5.36. The molecule has 0 radical (unpaired) electrons. The number of carbonyl (C=O) groups excluding carboxylic acids is 1. The third-order valence-electron chi connectivity index (χ3n) is 2.65. The molecule has 17 heavy (non-hydrogen) atoms. The fourth-order valence-corrected chi connectivity index (χ4v) is 2.52. The first-order chi connectivity index (χ1) is 7.70. The van der Waals surface area contributed by atoms with Crippen molar-refractivity contribution in [2.75, 3.05) is 19.7 Å². The first-order valence-corrected chi connectivity index (χ1v) is 6.34. The highest BCUT2D eigenvalue weighted by atomic mass is 16.5. The number of morpholine rings is 1. The highest BCUT2D eigenvalue weighted by Crippen LogP contribution is 2.26. The average Bonchev–Trinajstić information content (AvgIpc) is 2.14. The Morgan fingerprint density at radius 2 is 2.00 bits per heavy atom. The average molecular weight is 242 g/mol. The molecule has 0 spiro atoms. The van der Waals surface area contributed by atoms with Crippen LogP contribution >= 0.6 is 0 Å². The van der Waals surface area contributed by atoms with Gasteiger partial charge in [-0.15, -0.1) is 0 Å². The molecule has 1 aliphatic rings. The molecular weight excluding hydrogens is 216 g/mol. The van der Waals surface area contributed by atoms with E-state index in [2.05, 4.69) is 45.3 Å². The van der Waals surface area contributed by atoms with Gasteiger partial charge in [-0.2, -0.15) is 0 Å².